The molecule has 1 aromatic carbocycles. The SMILES string of the molecule is Cc1cc(F)ccc1CCNC(=O)N1CCCCC1CCO. The van der Waals surface area contributed by atoms with Gasteiger partial charge in [0.15, 0.2) is 0 Å². The average molecular weight is 308 g/mol. The predicted octanol–water partition coefficient (Wildman–Crippen LogP) is 2.62. The normalized spacial score (nSPS) is 18.3. The van der Waals surface area contributed by atoms with Crippen molar-refractivity contribution in [1.82, 2.24) is 10.2 Å². The largest absolute Gasteiger partial charge is 0.396 e. The Balaban J connectivity index is 1.83. The second-order valence-electron chi connectivity index (χ2n) is 5.91. The summed E-state index contributed by atoms with van der Waals surface area (Å²) in [5.74, 6) is -0.231. The Hall–Kier alpha value is -1.62. The minimum atomic E-state index is -0.231. The van der Waals surface area contributed by atoms with Gasteiger partial charge in [-0.05, 0) is 62.3 Å². The molecule has 1 aromatic rings. The lowest BCUT2D eigenvalue weighted by Gasteiger charge is -2.35. The fourth-order valence-corrected chi connectivity index (χ4v) is 3.06. The van der Waals surface area contributed by atoms with Gasteiger partial charge in [-0.25, -0.2) is 9.18 Å². The summed E-state index contributed by atoms with van der Waals surface area (Å²) >= 11 is 0. The molecule has 0 radical (unpaired) electrons. The van der Waals surface area contributed by atoms with Crippen molar-refractivity contribution in [2.45, 2.75) is 45.1 Å². The van der Waals surface area contributed by atoms with Gasteiger partial charge in [-0.15, -0.1) is 0 Å². The first-order valence-corrected chi connectivity index (χ1v) is 8.02. The summed E-state index contributed by atoms with van der Waals surface area (Å²) in [4.78, 5) is 14.1. The number of likely N-dealkylation sites (tertiary alicyclic amines) is 1. The quantitative estimate of drug-likeness (QED) is 0.878. The van der Waals surface area contributed by atoms with Crippen molar-refractivity contribution >= 4 is 6.03 Å². The van der Waals surface area contributed by atoms with Crippen LogP contribution < -0.4 is 5.32 Å². The van der Waals surface area contributed by atoms with Crippen LogP contribution in [0.3, 0.4) is 0 Å². The maximum absolute atomic E-state index is 13.1. The molecule has 0 aliphatic carbocycles. The molecule has 1 heterocycles. The van der Waals surface area contributed by atoms with Crippen molar-refractivity contribution in [3.8, 4) is 0 Å². The molecule has 1 aliphatic rings. The molecule has 0 saturated carbocycles. The fourth-order valence-electron chi connectivity index (χ4n) is 3.06. The van der Waals surface area contributed by atoms with Gasteiger partial charge in [0.05, 0.1) is 0 Å². The number of piperidine rings is 1. The zero-order chi connectivity index (χ0) is 15.9. The molecule has 0 aromatic heterocycles. The van der Waals surface area contributed by atoms with Crippen molar-refractivity contribution in [2.24, 2.45) is 0 Å². The Morgan fingerprint density at radius 3 is 3.00 bits per heavy atom. The van der Waals surface area contributed by atoms with Crippen molar-refractivity contribution in [3.05, 3.63) is 35.1 Å². The average Bonchev–Trinajstić information content (AvgIpc) is 2.50. The van der Waals surface area contributed by atoms with Crippen LogP contribution in [-0.2, 0) is 6.42 Å². The first kappa shape index (κ1) is 16.7. The maximum atomic E-state index is 13.1. The van der Waals surface area contributed by atoms with Crippen LogP contribution >= 0.6 is 0 Å². The van der Waals surface area contributed by atoms with Crippen molar-refractivity contribution in [3.63, 3.8) is 0 Å². The van der Waals surface area contributed by atoms with E-state index in [0.29, 0.717) is 19.4 Å². The van der Waals surface area contributed by atoms with Gasteiger partial charge in [0.2, 0.25) is 0 Å². The number of nitrogens with zero attached hydrogens (tertiary/aromatic N) is 1. The van der Waals surface area contributed by atoms with Crippen LogP contribution in [0.2, 0.25) is 0 Å². The third kappa shape index (κ3) is 4.44. The Morgan fingerprint density at radius 2 is 2.27 bits per heavy atom. The number of rotatable bonds is 5. The minimum absolute atomic E-state index is 0.0575. The highest BCUT2D eigenvalue weighted by molar-refractivity contribution is 5.74. The Morgan fingerprint density at radius 1 is 1.45 bits per heavy atom. The second kappa shape index (κ2) is 8.13. The van der Waals surface area contributed by atoms with Gasteiger partial charge in [-0.1, -0.05) is 6.07 Å². The molecule has 1 aliphatic heterocycles. The van der Waals surface area contributed by atoms with Gasteiger partial charge < -0.3 is 15.3 Å². The van der Waals surface area contributed by atoms with Crippen LogP contribution in [0.1, 0.15) is 36.8 Å². The zero-order valence-corrected chi connectivity index (χ0v) is 13.1. The third-order valence-corrected chi connectivity index (χ3v) is 4.33. The lowest BCUT2D eigenvalue weighted by Crippen LogP contribution is -2.49. The van der Waals surface area contributed by atoms with Gasteiger partial charge in [-0.2, -0.15) is 0 Å². The molecule has 122 valence electrons. The van der Waals surface area contributed by atoms with Crippen LogP contribution in [0.5, 0.6) is 0 Å². The minimum Gasteiger partial charge on any atom is -0.396 e. The van der Waals surface area contributed by atoms with E-state index >= 15 is 0 Å². The molecule has 2 N–H and O–H groups in total. The number of benzene rings is 1. The molecule has 4 nitrogen and oxygen atoms in total. The Kier molecular flexibility index (Phi) is 6.19. The summed E-state index contributed by atoms with van der Waals surface area (Å²) < 4.78 is 13.1. The standard InChI is InChI=1S/C17H25FN2O2/c1-13-12-15(18)6-5-14(13)7-9-19-17(22)20-10-3-2-4-16(20)8-11-21/h5-6,12,16,21H,2-4,7-11H2,1H3,(H,19,22). The first-order valence-electron chi connectivity index (χ1n) is 8.02. The van der Waals surface area contributed by atoms with E-state index in [-0.39, 0.29) is 24.5 Å². The number of hydrogen-bond donors (Lipinski definition) is 2. The first-order chi connectivity index (χ1) is 10.6. The summed E-state index contributed by atoms with van der Waals surface area (Å²) in [7, 11) is 0. The lowest BCUT2D eigenvalue weighted by molar-refractivity contribution is 0.132. The van der Waals surface area contributed by atoms with Gasteiger partial charge >= 0.3 is 6.03 Å². The molecule has 1 unspecified atom stereocenters. The molecule has 5 heteroatoms. The van der Waals surface area contributed by atoms with E-state index in [1.54, 1.807) is 6.07 Å². The van der Waals surface area contributed by atoms with E-state index in [2.05, 4.69) is 5.32 Å². The van der Waals surface area contributed by atoms with Gasteiger partial charge in [-0.3, -0.25) is 0 Å². The molecule has 0 bridgehead atoms. The number of carbonyl (C=O) groups excluding carboxylic acids is 1. The molecule has 22 heavy (non-hydrogen) atoms. The molecule has 2 rings (SSSR count). The topological polar surface area (TPSA) is 52.6 Å². The Bertz CT molecular complexity index is 505. The highest BCUT2D eigenvalue weighted by atomic mass is 19.1. The number of aryl methyl sites for hydroxylation is 1. The van der Waals surface area contributed by atoms with Crippen LogP contribution in [0, 0.1) is 12.7 Å². The molecule has 2 amide bonds. The van der Waals surface area contributed by atoms with E-state index in [9.17, 15) is 9.18 Å². The lowest BCUT2D eigenvalue weighted by atomic mass is 10.00. The zero-order valence-electron chi connectivity index (χ0n) is 13.1. The van der Waals surface area contributed by atoms with Crippen LogP contribution in [0.25, 0.3) is 0 Å². The number of aliphatic hydroxyl groups is 1. The second-order valence-corrected chi connectivity index (χ2v) is 5.91. The molecule has 1 atom stereocenters. The van der Waals surface area contributed by atoms with Crippen LogP contribution in [-0.4, -0.2) is 41.8 Å². The smallest absolute Gasteiger partial charge is 0.317 e. The fraction of sp³-hybridized carbons (Fsp3) is 0.588. The van der Waals surface area contributed by atoms with Crippen LogP contribution in [0.15, 0.2) is 18.2 Å². The summed E-state index contributed by atoms with van der Waals surface area (Å²) in [6.45, 7) is 3.28. The van der Waals surface area contributed by atoms with E-state index < -0.39 is 0 Å². The molecular formula is C17H25FN2O2. The summed E-state index contributed by atoms with van der Waals surface area (Å²) in [5, 5.41) is 12.0. The van der Waals surface area contributed by atoms with Crippen LogP contribution in [0.4, 0.5) is 9.18 Å². The van der Waals surface area contributed by atoms with Gasteiger partial charge in [0.1, 0.15) is 5.82 Å². The number of carbonyl (C=O) groups is 1. The molecular weight excluding hydrogens is 283 g/mol. The van der Waals surface area contributed by atoms with E-state index in [4.69, 9.17) is 5.11 Å². The maximum Gasteiger partial charge on any atom is 0.317 e. The number of halogens is 1. The number of urea groups is 1. The van der Waals surface area contributed by atoms with Crippen molar-refractivity contribution in [1.29, 1.82) is 0 Å². The van der Waals surface area contributed by atoms with E-state index in [1.807, 2.05) is 11.8 Å². The van der Waals surface area contributed by atoms with E-state index in [0.717, 1.165) is 36.9 Å². The number of amides is 2. The Labute approximate surface area is 131 Å². The van der Waals surface area contributed by atoms with Gasteiger partial charge in [0, 0.05) is 25.7 Å². The third-order valence-electron chi connectivity index (χ3n) is 4.33. The van der Waals surface area contributed by atoms with E-state index in [1.165, 1.54) is 12.1 Å². The summed E-state index contributed by atoms with van der Waals surface area (Å²) in [5.41, 5.74) is 1.96. The highest BCUT2D eigenvalue weighted by Gasteiger charge is 2.25. The van der Waals surface area contributed by atoms with Crippen molar-refractivity contribution in [2.75, 3.05) is 19.7 Å². The predicted molar refractivity (Wildman–Crippen MR) is 84.3 cm³/mol. The molecule has 1 fully saturated rings. The number of hydrogen-bond acceptors (Lipinski definition) is 2. The van der Waals surface area contributed by atoms with Crippen molar-refractivity contribution < 1.29 is 14.3 Å². The summed E-state index contributed by atoms with van der Waals surface area (Å²) in [6, 6.07) is 4.82. The number of nitrogens with one attached hydrogen (secondary N) is 1. The molecule has 0 spiro atoms. The number of aliphatic hydroxyl groups excluding tert-OH is 1. The van der Waals surface area contributed by atoms with Gasteiger partial charge in [0.25, 0.3) is 0 Å². The highest BCUT2D eigenvalue weighted by Crippen LogP contribution is 2.19. The molecule has 1 saturated heterocycles. The monoisotopic (exact) mass is 308 g/mol. The summed E-state index contributed by atoms with van der Waals surface area (Å²) in [6.07, 6.45) is 4.43.